The molecule has 0 bridgehead atoms. The van der Waals surface area contributed by atoms with Crippen LogP contribution in [0.2, 0.25) is 0 Å². The average molecular weight is 316 g/mol. The number of piperidine rings is 1. The van der Waals surface area contributed by atoms with Crippen LogP contribution in [0.1, 0.15) is 55.3 Å². The summed E-state index contributed by atoms with van der Waals surface area (Å²) in [6.07, 6.45) is 10.1. The maximum Gasteiger partial charge on any atom is 0.255 e. The third kappa shape index (κ3) is 3.83. The number of carbonyl (C=O) groups excluding carboxylic acids is 1. The van der Waals surface area contributed by atoms with Crippen LogP contribution in [-0.2, 0) is 0 Å². The van der Waals surface area contributed by atoms with Gasteiger partial charge in [-0.3, -0.25) is 4.79 Å². The molecule has 1 amide bonds. The standard InChI is InChI=1S/C18H28N4O/c19-13-16-7-3-6-12-22(16)18(23)15-8-9-17(20-14-15)21-10-4-1-2-5-11-21/h8-9,14,16H,1-7,10-13,19H2. The molecule has 2 aliphatic heterocycles. The molecule has 5 nitrogen and oxygen atoms in total. The smallest absolute Gasteiger partial charge is 0.255 e. The fraction of sp³-hybridized carbons (Fsp3) is 0.667. The molecule has 1 unspecified atom stereocenters. The van der Waals surface area contributed by atoms with Gasteiger partial charge in [0.1, 0.15) is 5.82 Å². The van der Waals surface area contributed by atoms with Crippen molar-refractivity contribution >= 4 is 11.7 Å². The summed E-state index contributed by atoms with van der Waals surface area (Å²) in [5, 5.41) is 0. The fourth-order valence-electron chi connectivity index (χ4n) is 3.68. The Bertz CT molecular complexity index is 508. The second kappa shape index (κ2) is 7.77. The molecule has 5 heteroatoms. The van der Waals surface area contributed by atoms with E-state index in [-0.39, 0.29) is 11.9 Å². The van der Waals surface area contributed by atoms with E-state index in [1.54, 1.807) is 6.20 Å². The maximum absolute atomic E-state index is 12.7. The summed E-state index contributed by atoms with van der Waals surface area (Å²) in [6, 6.07) is 4.11. The van der Waals surface area contributed by atoms with Crippen LogP contribution in [0, 0.1) is 0 Å². The first-order valence-electron chi connectivity index (χ1n) is 9.01. The van der Waals surface area contributed by atoms with Crippen LogP contribution in [0.4, 0.5) is 5.82 Å². The molecule has 126 valence electrons. The number of likely N-dealkylation sites (tertiary alicyclic amines) is 1. The highest BCUT2D eigenvalue weighted by molar-refractivity contribution is 5.94. The first-order valence-corrected chi connectivity index (χ1v) is 9.01. The zero-order valence-electron chi connectivity index (χ0n) is 13.9. The Morgan fingerprint density at radius 3 is 2.48 bits per heavy atom. The van der Waals surface area contributed by atoms with Crippen molar-refractivity contribution in [2.75, 3.05) is 31.1 Å². The predicted molar refractivity (Wildman–Crippen MR) is 92.6 cm³/mol. The summed E-state index contributed by atoms with van der Waals surface area (Å²) >= 11 is 0. The lowest BCUT2D eigenvalue weighted by atomic mass is 10.0. The lowest BCUT2D eigenvalue weighted by Gasteiger charge is -2.35. The van der Waals surface area contributed by atoms with E-state index in [2.05, 4.69) is 9.88 Å². The van der Waals surface area contributed by atoms with Crippen LogP contribution in [0.3, 0.4) is 0 Å². The van der Waals surface area contributed by atoms with E-state index in [0.29, 0.717) is 12.1 Å². The molecule has 0 saturated carbocycles. The number of nitrogens with two attached hydrogens (primary N) is 1. The highest BCUT2D eigenvalue weighted by Gasteiger charge is 2.26. The summed E-state index contributed by atoms with van der Waals surface area (Å²) in [4.78, 5) is 21.6. The molecule has 0 radical (unpaired) electrons. The normalized spacial score (nSPS) is 22.7. The molecule has 2 fully saturated rings. The summed E-state index contributed by atoms with van der Waals surface area (Å²) in [5.41, 5.74) is 6.51. The Morgan fingerprint density at radius 1 is 1.09 bits per heavy atom. The van der Waals surface area contributed by atoms with E-state index in [1.165, 1.54) is 25.7 Å². The number of rotatable bonds is 3. The molecule has 3 rings (SSSR count). The minimum atomic E-state index is 0.0788. The van der Waals surface area contributed by atoms with Gasteiger partial charge in [-0.25, -0.2) is 4.98 Å². The quantitative estimate of drug-likeness (QED) is 0.930. The monoisotopic (exact) mass is 316 g/mol. The minimum absolute atomic E-state index is 0.0788. The van der Waals surface area contributed by atoms with Crippen molar-refractivity contribution in [3.63, 3.8) is 0 Å². The fourth-order valence-corrected chi connectivity index (χ4v) is 3.68. The summed E-state index contributed by atoms with van der Waals surface area (Å²) in [5.74, 6) is 1.08. The average Bonchev–Trinajstić information content (AvgIpc) is 2.90. The molecule has 2 N–H and O–H groups in total. The summed E-state index contributed by atoms with van der Waals surface area (Å²) in [6.45, 7) is 3.50. The van der Waals surface area contributed by atoms with Crippen LogP contribution < -0.4 is 10.6 Å². The van der Waals surface area contributed by atoms with E-state index in [0.717, 1.165) is 44.7 Å². The molecule has 23 heavy (non-hydrogen) atoms. The van der Waals surface area contributed by atoms with E-state index < -0.39 is 0 Å². The number of anilines is 1. The zero-order valence-corrected chi connectivity index (χ0v) is 13.9. The molecule has 1 aromatic rings. The molecule has 1 atom stereocenters. The molecule has 1 aromatic heterocycles. The van der Waals surface area contributed by atoms with Crippen LogP contribution in [-0.4, -0.2) is 48.0 Å². The summed E-state index contributed by atoms with van der Waals surface area (Å²) < 4.78 is 0. The largest absolute Gasteiger partial charge is 0.357 e. The number of pyridine rings is 1. The first-order chi connectivity index (χ1) is 11.3. The number of aromatic nitrogens is 1. The number of carbonyl (C=O) groups is 1. The maximum atomic E-state index is 12.7. The van der Waals surface area contributed by atoms with Gasteiger partial charge in [0.2, 0.25) is 0 Å². The van der Waals surface area contributed by atoms with E-state index >= 15 is 0 Å². The number of nitrogens with zero attached hydrogens (tertiary/aromatic N) is 3. The van der Waals surface area contributed by atoms with Gasteiger partial charge in [0, 0.05) is 38.4 Å². The third-order valence-corrected chi connectivity index (χ3v) is 5.08. The van der Waals surface area contributed by atoms with E-state index in [1.807, 2.05) is 17.0 Å². The van der Waals surface area contributed by atoms with Crippen molar-refractivity contribution < 1.29 is 4.79 Å². The number of amides is 1. The molecular formula is C18H28N4O. The van der Waals surface area contributed by atoms with Crippen molar-refractivity contribution in [3.05, 3.63) is 23.9 Å². The Labute approximate surface area is 138 Å². The van der Waals surface area contributed by atoms with Gasteiger partial charge in [0.05, 0.1) is 5.56 Å². The molecule has 0 aromatic carbocycles. The first kappa shape index (κ1) is 16.2. The van der Waals surface area contributed by atoms with Gasteiger partial charge in [-0.15, -0.1) is 0 Å². The van der Waals surface area contributed by atoms with Gasteiger partial charge in [-0.05, 0) is 44.2 Å². The van der Waals surface area contributed by atoms with Crippen molar-refractivity contribution in [3.8, 4) is 0 Å². The third-order valence-electron chi connectivity index (χ3n) is 5.08. The minimum Gasteiger partial charge on any atom is -0.357 e. The lowest BCUT2D eigenvalue weighted by Crippen LogP contribution is -2.47. The van der Waals surface area contributed by atoms with Crippen molar-refractivity contribution in [1.82, 2.24) is 9.88 Å². The van der Waals surface area contributed by atoms with E-state index in [4.69, 9.17) is 5.73 Å². The highest BCUT2D eigenvalue weighted by Crippen LogP contribution is 2.21. The summed E-state index contributed by atoms with van der Waals surface area (Å²) in [7, 11) is 0. The van der Waals surface area contributed by atoms with Gasteiger partial charge < -0.3 is 15.5 Å². The predicted octanol–water partition coefficient (Wildman–Crippen LogP) is 2.42. The van der Waals surface area contributed by atoms with Crippen LogP contribution >= 0.6 is 0 Å². The van der Waals surface area contributed by atoms with Crippen LogP contribution in [0.5, 0.6) is 0 Å². The SMILES string of the molecule is NCC1CCCCN1C(=O)c1ccc(N2CCCCCC2)nc1. The molecule has 2 aliphatic rings. The Kier molecular flexibility index (Phi) is 5.49. The van der Waals surface area contributed by atoms with Gasteiger partial charge in [0.15, 0.2) is 0 Å². The van der Waals surface area contributed by atoms with E-state index in [9.17, 15) is 4.79 Å². The second-order valence-electron chi connectivity index (χ2n) is 6.69. The molecule has 0 spiro atoms. The molecule has 3 heterocycles. The zero-order chi connectivity index (χ0) is 16.1. The Hall–Kier alpha value is -1.62. The van der Waals surface area contributed by atoms with Crippen LogP contribution in [0.15, 0.2) is 18.3 Å². The highest BCUT2D eigenvalue weighted by atomic mass is 16.2. The molecule has 2 saturated heterocycles. The van der Waals surface area contributed by atoms with Crippen molar-refractivity contribution in [1.29, 1.82) is 0 Å². The topological polar surface area (TPSA) is 62.5 Å². The number of hydrogen-bond donors (Lipinski definition) is 1. The lowest BCUT2D eigenvalue weighted by molar-refractivity contribution is 0.0623. The van der Waals surface area contributed by atoms with Crippen molar-refractivity contribution in [2.24, 2.45) is 5.73 Å². The Balaban J connectivity index is 1.69. The number of hydrogen-bond acceptors (Lipinski definition) is 4. The van der Waals surface area contributed by atoms with Gasteiger partial charge in [-0.2, -0.15) is 0 Å². The van der Waals surface area contributed by atoms with Gasteiger partial charge >= 0.3 is 0 Å². The second-order valence-corrected chi connectivity index (χ2v) is 6.69. The Morgan fingerprint density at radius 2 is 1.83 bits per heavy atom. The molecule has 0 aliphatic carbocycles. The van der Waals surface area contributed by atoms with Crippen LogP contribution in [0.25, 0.3) is 0 Å². The van der Waals surface area contributed by atoms with Gasteiger partial charge in [0.25, 0.3) is 5.91 Å². The molecular weight excluding hydrogens is 288 g/mol. The van der Waals surface area contributed by atoms with Gasteiger partial charge in [-0.1, -0.05) is 12.8 Å². The van der Waals surface area contributed by atoms with Crippen molar-refractivity contribution in [2.45, 2.75) is 51.0 Å².